The molecule has 0 N–H and O–H groups in total. The monoisotopic (exact) mass is 219 g/mol. The van der Waals surface area contributed by atoms with Crippen molar-refractivity contribution in [1.82, 2.24) is 0 Å². The minimum absolute atomic E-state index is 0.990. The zero-order valence-corrected chi connectivity index (χ0v) is 10.8. The summed E-state index contributed by atoms with van der Waals surface area (Å²) in [5.74, 6) is 0. The van der Waals surface area contributed by atoms with Crippen LogP contribution in [0.1, 0.15) is 64.7 Å². The van der Waals surface area contributed by atoms with Crippen molar-refractivity contribution in [1.29, 1.82) is 0 Å². The Bertz CT molecular complexity index is 186. The van der Waals surface area contributed by atoms with E-state index >= 15 is 0 Å². The summed E-state index contributed by atoms with van der Waals surface area (Å²) in [7, 11) is 0. The number of hydrogen-bond donors (Lipinski definition) is 0. The van der Waals surface area contributed by atoms with Crippen molar-refractivity contribution in [2.75, 3.05) is 0 Å². The van der Waals surface area contributed by atoms with E-state index in [1.165, 1.54) is 38.5 Å². The normalized spacial score (nSPS) is 11.6. The van der Waals surface area contributed by atoms with Gasteiger partial charge in [0.2, 0.25) is 0 Å². The maximum Gasteiger partial charge on any atom is -0.0313 e. The molecule has 0 aliphatic carbocycles. The Balaban J connectivity index is 3.14. The molecule has 0 saturated carbocycles. The SMILES string of the molecule is [CH]=CCCC=CCCC=CCCCCCC. The third kappa shape index (κ3) is 13.2. The summed E-state index contributed by atoms with van der Waals surface area (Å²) in [6.45, 7) is 7.54. The summed E-state index contributed by atoms with van der Waals surface area (Å²) < 4.78 is 0. The number of hydrogen-bond acceptors (Lipinski definition) is 0. The molecule has 0 heteroatoms. The van der Waals surface area contributed by atoms with Crippen LogP contribution in [-0.2, 0) is 0 Å². The molecule has 0 saturated heterocycles. The molecular formula is C16H27. The van der Waals surface area contributed by atoms with Crippen LogP contribution in [0, 0.1) is 6.58 Å². The number of rotatable bonds is 11. The van der Waals surface area contributed by atoms with E-state index in [0.717, 1.165) is 19.3 Å². The molecule has 0 aliphatic rings. The molecule has 0 aliphatic heterocycles. The lowest BCUT2D eigenvalue weighted by atomic mass is 10.1. The molecule has 0 aromatic heterocycles. The zero-order valence-electron chi connectivity index (χ0n) is 10.8. The molecule has 0 atom stereocenters. The van der Waals surface area contributed by atoms with Crippen LogP contribution >= 0.6 is 0 Å². The summed E-state index contributed by atoms with van der Waals surface area (Å²) in [5, 5.41) is 0. The molecule has 16 heavy (non-hydrogen) atoms. The van der Waals surface area contributed by atoms with Gasteiger partial charge in [0.05, 0.1) is 0 Å². The van der Waals surface area contributed by atoms with E-state index in [1.54, 1.807) is 6.08 Å². The van der Waals surface area contributed by atoms with E-state index in [9.17, 15) is 0 Å². The molecule has 91 valence electrons. The lowest BCUT2D eigenvalue weighted by Gasteiger charge is -1.94. The van der Waals surface area contributed by atoms with Crippen LogP contribution in [0.5, 0.6) is 0 Å². The van der Waals surface area contributed by atoms with E-state index in [1.807, 2.05) is 0 Å². The third-order valence-electron chi connectivity index (χ3n) is 2.56. The third-order valence-corrected chi connectivity index (χ3v) is 2.56. The first-order valence-electron chi connectivity index (χ1n) is 6.75. The number of allylic oxidation sites excluding steroid dienone is 5. The van der Waals surface area contributed by atoms with Gasteiger partial charge in [0, 0.05) is 0 Å². The zero-order chi connectivity index (χ0) is 11.9. The molecule has 1 radical (unpaired) electrons. The molecular weight excluding hydrogens is 192 g/mol. The summed E-state index contributed by atoms with van der Waals surface area (Å²) in [6, 6.07) is 0. The van der Waals surface area contributed by atoms with Gasteiger partial charge in [-0.15, -0.1) is 0 Å². The van der Waals surface area contributed by atoms with Gasteiger partial charge in [-0.2, -0.15) is 0 Å². The predicted octanol–water partition coefficient (Wildman–Crippen LogP) is 5.62. The first-order valence-corrected chi connectivity index (χ1v) is 6.75. The van der Waals surface area contributed by atoms with Gasteiger partial charge >= 0.3 is 0 Å². The fraction of sp³-hybridized carbons (Fsp3) is 0.625. The van der Waals surface area contributed by atoms with Crippen molar-refractivity contribution >= 4 is 0 Å². The van der Waals surface area contributed by atoms with Crippen molar-refractivity contribution in [2.24, 2.45) is 0 Å². The van der Waals surface area contributed by atoms with Crippen molar-refractivity contribution in [3.8, 4) is 0 Å². The molecule has 0 heterocycles. The van der Waals surface area contributed by atoms with E-state index < -0.39 is 0 Å². The lowest BCUT2D eigenvalue weighted by Crippen LogP contribution is -1.74. The Morgan fingerprint density at radius 2 is 1.25 bits per heavy atom. The van der Waals surface area contributed by atoms with Gasteiger partial charge in [-0.3, -0.25) is 0 Å². The Kier molecular flexibility index (Phi) is 13.5. The fourth-order valence-electron chi connectivity index (χ4n) is 1.55. The summed E-state index contributed by atoms with van der Waals surface area (Å²) in [5.41, 5.74) is 0. The maximum absolute atomic E-state index is 5.29. The largest absolute Gasteiger partial charge is 0.0885 e. The topological polar surface area (TPSA) is 0 Å². The Morgan fingerprint density at radius 1 is 0.688 bits per heavy atom. The maximum atomic E-state index is 5.29. The molecule has 0 bridgehead atoms. The van der Waals surface area contributed by atoms with Crippen LogP contribution in [0.15, 0.2) is 30.4 Å². The molecule has 0 aromatic carbocycles. The smallest absolute Gasteiger partial charge is 0.0313 e. The second-order valence-electron chi connectivity index (χ2n) is 4.18. The minimum Gasteiger partial charge on any atom is -0.0885 e. The summed E-state index contributed by atoms with van der Waals surface area (Å²) >= 11 is 0. The highest BCUT2D eigenvalue weighted by molar-refractivity contribution is 4.88. The van der Waals surface area contributed by atoms with Crippen molar-refractivity contribution < 1.29 is 0 Å². The van der Waals surface area contributed by atoms with Gasteiger partial charge in [-0.05, 0) is 38.5 Å². The Hall–Kier alpha value is -0.780. The van der Waals surface area contributed by atoms with Crippen LogP contribution in [0.25, 0.3) is 0 Å². The molecule has 0 amide bonds. The van der Waals surface area contributed by atoms with E-state index in [2.05, 4.69) is 31.2 Å². The summed E-state index contributed by atoms with van der Waals surface area (Å²) in [4.78, 5) is 0. The lowest BCUT2D eigenvalue weighted by molar-refractivity contribution is 0.674. The van der Waals surface area contributed by atoms with E-state index in [-0.39, 0.29) is 0 Å². The quantitative estimate of drug-likeness (QED) is 0.312. The first kappa shape index (κ1) is 15.2. The molecule has 0 fully saturated rings. The highest BCUT2D eigenvalue weighted by Gasteiger charge is 1.84. The molecule has 0 nitrogen and oxygen atoms in total. The highest BCUT2D eigenvalue weighted by atomic mass is 13.9. The van der Waals surface area contributed by atoms with Crippen LogP contribution in [0.4, 0.5) is 0 Å². The van der Waals surface area contributed by atoms with Crippen molar-refractivity contribution in [3.05, 3.63) is 37.0 Å². The van der Waals surface area contributed by atoms with Gasteiger partial charge in [-0.1, -0.05) is 63.1 Å². The van der Waals surface area contributed by atoms with E-state index in [0.29, 0.717) is 0 Å². The second-order valence-corrected chi connectivity index (χ2v) is 4.18. The Labute approximate surface area is 102 Å². The van der Waals surface area contributed by atoms with Crippen LogP contribution < -0.4 is 0 Å². The van der Waals surface area contributed by atoms with Crippen molar-refractivity contribution in [3.63, 3.8) is 0 Å². The fourth-order valence-corrected chi connectivity index (χ4v) is 1.55. The predicted molar refractivity (Wildman–Crippen MR) is 74.4 cm³/mol. The molecule has 0 aromatic rings. The van der Waals surface area contributed by atoms with Gasteiger partial charge in [-0.25, -0.2) is 0 Å². The van der Waals surface area contributed by atoms with E-state index in [4.69, 9.17) is 6.58 Å². The summed E-state index contributed by atoms with van der Waals surface area (Å²) in [6.07, 6.45) is 22.0. The molecule has 0 spiro atoms. The Morgan fingerprint density at radius 3 is 1.81 bits per heavy atom. The highest BCUT2D eigenvalue weighted by Crippen LogP contribution is 2.04. The first-order chi connectivity index (χ1) is 7.91. The molecule has 0 rings (SSSR count). The minimum atomic E-state index is 0.990. The van der Waals surface area contributed by atoms with Crippen molar-refractivity contribution in [2.45, 2.75) is 64.7 Å². The van der Waals surface area contributed by atoms with Crippen LogP contribution in [0.3, 0.4) is 0 Å². The van der Waals surface area contributed by atoms with Gasteiger partial charge in [0.15, 0.2) is 0 Å². The van der Waals surface area contributed by atoms with Crippen LogP contribution in [0.2, 0.25) is 0 Å². The number of unbranched alkanes of at least 4 members (excludes halogenated alkanes) is 6. The second kappa shape index (κ2) is 14.2. The van der Waals surface area contributed by atoms with Gasteiger partial charge in [0.25, 0.3) is 0 Å². The molecule has 0 unspecified atom stereocenters. The van der Waals surface area contributed by atoms with Gasteiger partial charge in [0.1, 0.15) is 0 Å². The van der Waals surface area contributed by atoms with Crippen LogP contribution in [-0.4, -0.2) is 0 Å². The standard InChI is InChI=1S/C16H27/c1-3-5-7-9-11-13-15-16-14-12-10-8-6-4-2/h1,3,9,11,14,16H,4-8,10,12-13,15H2,2H3. The average molecular weight is 219 g/mol. The van der Waals surface area contributed by atoms with Gasteiger partial charge < -0.3 is 0 Å². The average Bonchev–Trinajstić information content (AvgIpc) is 2.31.